The second-order valence-corrected chi connectivity index (χ2v) is 10.2. The lowest BCUT2D eigenvalue weighted by Crippen LogP contribution is -2.72. The van der Waals surface area contributed by atoms with Crippen molar-refractivity contribution in [1.29, 1.82) is 0 Å². The fraction of sp³-hybridized carbons (Fsp3) is 0.950. The zero-order chi connectivity index (χ0) is 18.5. The Hall–Kier alpha value is -0.490. The minimum Gasteiger partial charge on any atom is -0.393 e. The average Bonchev–Trinajstić information content (AvgIpc) is 2.65. The highest BCUT2D eigenvalue weighted by molar-refractivity contribution is 5.92. The summed E-state index contributed by atoms with van der Waals surface area (Å²) in [6.45, 7) is 8.09. The van der Waals surface area contributed by atoms with Gasteiger partial charge in [-0.15, -0.1) is 0 Å². The van der Waals surface area contributed by atoms with Crippen LogP contribution in [-0.4, -0.2) is 50.6 Å². The van der Waals surface area contributed by atoms with Gasteiger partial charge in [0.25, 0.3) is 0 Å². The summed E-state index contributed by atoms with van der Waals surface area (Å²) < 4.78 is 0. The summed E-state index contributed by atoms with van der Waals surface area (Å²) in [5.74, 6) is -1.39. The highest BCUT2D eigenvalue weighted by Gasteiger charge is 2.77. The number of carbonyl (C=O) groups excluding carboxylic acids is 1. The van der Waals surface area contributed by atoms with E-state index in [2.05, 4.69) is 13.8 Å². The number of hydrogen-bond acceptors (Lipinski definition) is 5. The molecule has 5 heteroatoms. The molecule has 25 heavy (non-hydrogen) atoms. The molecule has 4 aliphatic carbocycles. The molecule has 0 amide bonds. The fourth-order valence-electron chi connectivity index (χ4n) is 7.75. The van der Waals surface area contributed by atoms with Gasteiger partial charge in [0.1, 0.15) is 5.78 Å². The van der Waals surface area contributed by atoms with Gasteiger partial charge in [0.05, 0.1) is 29.8 Å². The quantitative estimate of drug-likeness (QED) is 0.524. The van der Waals surface area contributed by atoms with Crippen LogP contribution in [0.2, 0.25) is 0 Å². The smallest absolute Gasteiger partial charge is 0.147 e. The summed E-state index contributed by atoms with van der Waals surface area (Å²) in [7, 11) is 0. The Morgan fingerprint density at radius 1 is 1.00 bits per heavy atom. The Morgan fingerprint density at radius 3 is 2.28 bits per heavy atom. The van der Waals surface area contributed by atoms with Crippen LogP contribution in [0.4, 0.5) is 0 Å². The molecule has 5 nitrogen and oxygen atoms in total. The van der Waals surface area contributed by atoms with Crippen LogP contribution in [0.1, 0.15) is 53.4 Å². The summed E-state index contributed by atoms with van der Waals surface area (Å²) in [5, 5.41) is 44.3. The van der Waals surface area contributed by atoms with Crippen LogP contribution in [0, 0.1) is 39.9 Å². The summed E-state index contributed by atoms with van der Waals surface area (Å²) in [6, 6.07) is 0. The zero-order valence-corrected chi connectivity index (χ0v) is 15.6. The van der Waals surface area contributed by atoms with Crippen molar-refractivity contribution in [2.75, 3.05) is 0 Å². The largest absolute Gasteiger partial charge is 0.393 e. The maximum Gasteiger partial charge on any atom is 0.147 e. The molecule has 4 saturated carbocycles. The molecule has 0 aromatic heterocycles. The van der Waals surface area contributed by atoms with Gasteiger partial charge in [0, 0.05) is 17.3 Å². The normalized spacial score (nSPS) is 60.1. The van der Waals surface area contributed by atoms with E-state index in [0.717, 1.165) is 6.42 Å². The number of Topliss-reactive ketones (excluding diaryl/α,β-unsaturated/α-hetero) is 1. The van der Waals surface area contributed by atoms with Gasteiger partial charge in [-0.1, -0.05) is 27.7 Å². The molecule has 4 N–H and O–H groups in total. The molecule has 0 aromatic carbocycles. The topological polar surface area (TPSA) is 98.0 Å². The second-order valence-electron chi connectivity index (χ2n) is 10.2. The summed E-state index contributed by atoms with van der Waals surface area (Å²) in [5.41, 5.74) is -2.11. The van der Waals surface area contributed by atoms with Gasteiger partial charge in [0.15, 0.2) is 0 Å². The Kier molecular flexibility index (Phi) is 3.62. The number of rotatable bonds is 0. The van der Waals surface area contributed by atoms with Gasteiger partial charge in [-0.2, -0.15) is 0 Å². The van der Waals surface area contributed by atoms with Crippen molar-refractivity contribution in [3.05, 3.63) is 0 Å². The molecule has 0 heterocycles. The molecule has 10 atom stereocenters. The number of fused-ring (bicyclic) bond motifs is 3. The molecule has 142 valence electrons. The minimum absolute atomic E-state index is 0.00326. The van der Waals surface area contributed by atoms with E-state index in [0.29, 0.717) is 19.3 Å². The SMILES string of the molecule is CC1C(=O)C23C(O)CC4C(C)(C)CCC(O)C4(C)C2C(O)CC1C3O. The lowest BCUT2D eigenvalue weighted by molar-refractivity contribution is -0.274. The third kappa shape index (κ3) is 1.81. The predicted octanol–water partition coefficient (Wildman–Crippen LogP) is 1.12. The van der Waals surface area contributed by atoms with Crippen molar-refractivity contribution in [2.24, 2.45) is 39.9 Å². The first-order chi connectivity index (χ1) is 11.5. The fourth-order valence-corrected chi connectivity index (χ4v) is 7.75. The van der Waals surface area contributed by atoms with Crippen molar-refractivity contribution in [1.82, 2.24) is 0 Å². The van der Waals surface area contributed by atoms with Gasteiger partial charge < -0.3 is 20.4 Å². The van der Waals surface area contributed by atoms with Gasteiger partial charge in [-0.3, -0.25) is 4.79 Å². The van der Waals surface area contributed by atoms with Crippen LogP contribution >= 0.6 is 0 Å². The van der Waals surface area contributed by atoms with E-state index in [4.69, 9.17) is 0 Å². The molecular formula is C20H32O5. The first kappa shape index (κ1) is 17.9. The molecule has 4 aliphatic rings. The number of hydrogen-bond donors (Lipinski definition) is 4. The molecule has 0 aromatic rings. The summed E-state index contributed by atoms with van der Waals surface area (Å²) >= 11 is 0. The van der Waals surface area contributed by atoms with E-state index in [9.17, 15) is 25.2 Å². The molecular weight excluding hydrogens is 320 g/mol. The van der Waals surface area contributed by atoms with Crippen LogP contribution in [0.5, 0.6) is 0 Å². The van der Waals surface area contributed by atoms with Crippen molar-refractivity contribution in [2.45, 2.75) is 77.8 Å². The summed E-state index contributed by atoms with van der Waals surface area (Å²) in [6.07, 6.45) is -1.09. The monoisotopic (exact) mass is 352 g/mol. The Labute approximate surface area is 149 Å². The maximum atomic E-state index is 13.3. The van der Waals surface area contributed by atoms with E-state index in [1.165, 1.54) is 0 Å². The lowest BCUT2D eigenvalue weighted by atomic mass is 9.38. The zero-order valence-electron chi connectivity index (χ0n) is 15.6. The van der Waals surface area contributed by atoms with Crippen molar-refractivity contribution < 1.29 is 25.2 Å². The standard InChI is InChI=1S/C20H32O5/c1-9-10-7-11(21)15-19(4)12(18(2,3)6-5-13(19)22)8-14(23)20(15,16(9)24)17(10)25/h9-15,17,21-23,25H,5-8H2,1-4H3. The molecule has 0 aliphatic heterocycles. The molecule has 10 unspecified atom stereocenters. The molecule has 4 rings (SSSR count). The lowest BCUT2D eigenvalue weighted by Gasteiger charge is -2.67. The first-order valence-corrected chi connectivity index (χ1v) is 9.77. The van der Waals surface area contributed by atoms with Crippen molar-refractivity contribution >= 4 is 5.78 Å². The van der Waals surface area contributed by atoms with Crippen LogP contribution in [0.15, 0.2) is 0 Å². The van der Waals surface area contributed by atoms with Crippen molar-refractivity contribution in [3.8, 4) is 0 Å². The van der Waals surface area contributed by atoms with E-state index in [1.807, 2.05) is 13.8 Å². The molecule has 0 saturated heterocycles. The second kappa shape index (κ2) is 5.06. The van der Waals surface area contributed by atoms with E-state index in [1.54, 1.807) is 0 Å². The Balaban J connectivity index is 1.94. The number of ketones is 1. The van der Waals surface area contributed by atoms with Crippen LogP contribution in [0.25, 0.3) is 0 Å². The van der Waals surface area contributed by atoms with E-state index >= 15 is 0 Å². The predicted molar refractivity (Wildman–Crippen MR) is 91.5 cm³/mol. The van der Waals surface area contributed by atoms with Gasteiger partial charge in [-0.25, -0.2) is 0 Å². The van der Waals surface area contributed by atoms with Crippen LogP contribution < -0.4 is 0 Å². The first-order valence-electron chi connectivity index (χ1n) is 9.77. The van der Waals surface area contributed by atoms with Crippen molar-refractivity contribution in [3.63, 3.8) is 0 Å². The third-order valence-corrected chi connectivity index (χ3v) is 8.95. The van der Waals surface area contributed by atoms with Gasteiger partial charge in [0.2, 0.25) is 0 Å². The maximum absolute atomic E-state index is 13.3. The number of aliphatic hydroxyl groups excluding tert-OH is 4. The van der Waals surface area contributed by atoms with E-state index < -0.39 is 41.2 Å². The number of aliphatic hydroxyl groups is 4. The molecule has 2 bridgehead atoms. The highest BCUT2D eigenvalue weighted by Crippen LogP contribution is 2.71. The van der Waals surface area contributed by atoms with Crippen LogP contribution in [-0.2, 0) is 4.79 Å². The van der Waals surface area contributed by atoms with Crippen LogP contribution in [0.3, 0.4) is 0 Å². The minimum atomic E-state index is -1.33. The molecule has 1 spiro atoms. The molecule has 0 radical (unpaired) electrons. The Morgan fingerprint density at radius 2 is 1.64 bits per heavy atom. The van der Waals surface area contributed by atoms with E-state index in [-0.39, 0.29) is 29.0 Å². The summed E-state index contributed by atoms with van der Waals surface area (Å²) in [4.78, 5) is 13.3. The number of carbonyl (C=O) groups is 1. The highest BCUT2D eigenvalue weighted by atomic mass is 16.3. The Bertz CT molecular complexity index is 603. The van der Waals surface area contributed by atoms with Gasteiger partial charge in [-0.05, 0) is 42.9 Å². The van der Waals surface area contributed by atoms with Gasteiger partial charge >= 0.3 is 0 Å². The third-order valence-electron chi connectivity index (χ3n) is 8.95. The molecule has 4 fully saturated rings. The average molecular weight is 352 g/mol.